The van der Waals surface area contributed by atoms with Crippen LogP contribution in [-0.4, -0.2) is 29.4 Å². The van der Waals surface area contributed by atoms with Gasteiger partial charge in [-0.05, 0) is 38.1 Å². The van der Waals surface area contributed by atoms with Crippen molar-refractivity contribution < 1.29 is 19.4 Å². The summed E-state index contributed by atoms with van der Waals surface area (Å²) in [4.78, 5) is 21.7. The molecule has 86 valence electrons. The van der Waals surface area contributed by atoms with Crippen molar-refractivity contribution in [2.45, 2.75) is 19.4 Å². The summed E-state index contributed by atoms with van der Waals surface area (Å²) in [5.74, 6) is 0.161. The zero-order chi connectivity index (χ0) is 12.2. The smallest absolute Gasteiger partial charge is 0.193 e. The largest absolute Gasteiger partial charge is 0.486 e. The fourth-order valence-electron chi connectivity index (χ4n) is 1.19. The molecule has 0 aromatic heterocycles. The molecular weight excluding hydrogens is 208 g/mol. The first kappa shape index (κ1) is 12.4. The standard InChI is InChI=1S/C12H14O4/c1-12(2,15)11(14)9-3-5-10(6-4-9)16-8-7-13/h3-7,15H,8H2,1-2H3. The molecule has 4 heteroatoms. The number of rotatable bonds is 5. The minimum atomic E-state index is -1.38. The molecule has 0 saturated heterocycles. The second-order valence-corrected chi connectivity index (χ2v) is 3.89. The van der Waals surface area contributed by atoms with Gasteiger partial charge in [0, 0.05) is 5.56 Å². The minimum Gasteiger partial charge on any atom is -0.486 e. The molecule has 0 saturated carbocycles. The quantitative estimate of drug-likeness (QED) is 0.601. The summed E-state index contributed by atoms with van der Waals surface area (Å²) < 4.78 is 5.03. The predicted octanol–water partition coefficient (Wildman–Crippen LogP) is 1.22. The number of Topliss-reactive ketones (excluding diaryl/α,β-unsaturated/α-hetero) is 1. The summed E-state index contributed by atoms with van der Waals surface area (Å²) in [6.07, 6.45) is 0.649. The first-order valence-corrected chi connectivity index (χ1v) is 4.89. The predicted molar refractivity (Wildman–Crippen MR) is 58.6 cm³/mol. The third-order valence-electron chi connectivity index (χ3n) is 1.99. The first-order chi connectivity index (χ1) is 7.45. The molecule has 1 N–H and O–H groups in total. The van der Waals surface area contributed by atoms with Gasteiger partial charge in [0.05, 0.1) is 0 Å². The maximum absolute atomic E-state index is 11.6. The van der Waals surface area contributed by atoms with E-state index >= 15 is 0 Å². The van der Waals surface area contributed by atoms with Crippen molar-refractivity contribution >= 4 is 12.1 Å². The molecule has 0 aliphatic rings. The summed E-state index contributed by atoms with van der Waals surface area (Å²) in [5, 5.41) is 9.52. The lowest BCUT2D eigenvalue weighted by Gasteiger charge is -2.15. The van der Waals surface area contributed by atoms with Crippen molar-refractivity contribution in [1.29, 1.82) is 0 Å². The van der Waals surface area contributed by atoms with Crippen LogP contribution in [0.3, 0.4) is 0 Å². The Morgan fingerprint density at radius 3 is 2.38 bits per heavy atom. The van der Waals surface area contributed by atoms with Crippen molar-refractivity contribution in [3.05, 3.63) is 29.8 Å². The Morgan fingerprint density at radius 2 is 1.94 bits per heavy atom. The highest BCUT2D eigenvalue weighted by molar-refractivity contribution is 6.01. The van der Waals surface area contributed by atoms with Gasteiger partial charge in [-0.15, -0.1) is 0 Å². The van der Waals surface area contributed by atoms with Crippen molar-refractivity contribution in [1.82, 2.24) is 0 Å². The molecule has 0 fully saturated rings. The number of hydrogen-bond acceptors (Lipinski definition) is 4. The van der Waals surface area contributed by atoms with E-state index in [-0.39, 0.29) is 12.4 Å². The minimum absolute atomic E-state index is 0.0151. The molecule has 1 aromatic rings. The molecule has 0 radical (unpaired) electrons. The Kier molecular flexibility index (Phi) is 3.79. The second-order valence-electron chi connectivity index (χ2n) is 3.89. The van der Waals surface area contributed by atoms with Crippen LogP contribution in [0.25, 0.3) is 0 Å². The molecule has 4 nitrogen and oxygen atoms in total. The fraction of sp³-hybridized carbons (Fsp3) is 0.333. The highest BCUT2D eigenvalue weighted by atomic mass is 16.5. The maximum atomic E-state index is 11.6. The lowest BCUT2D eigenvalue weighted by atomic mass is 9.97. The maximum Gasteiger partial charge on any atom is 0.193 e. The first-order valence-electron chi connectivity index (χ1n) is 4.89. The summed E-state index contributed by atoms with van der Waals surface area (Å²) in [6, 6.07) is 6.28. The van der Waals surface area contributed by atoms with E-state index in [1.807, 2.05) is 0 Å². The average molecular weight is 222 g/mol. The Bertz CT molecular complexity index is 373. The zero-order valence-electron chi connectivity index (χ0n) is 9.27. The number of ketones is 1. The molecule has 1 aromatic carbocycles. The third-order valence-corrected chi connectivity index (χ3v) is 1.99. The number of aldehydes is 1. The second kappa shape index (κ2) is 4.90. The van der Waals surface area contributed by atoms with Crippen LogP contribution in [0.5, 0.6) is 5.75 Å². The Morgan fingerprint density at radius 1 is 1.38 bits per heavy atom. The van der Waals surface area contributed by atoms with Crippen molar-refractivity contribution in [3.63, 3.8) is 0 Å². The van der Waals surface area contributed by atoms with Crippen LogP contribution in [0.4, 0.5) is 0 Å². The van der Waals surface area contributed by atoms with Crippen LogP contribution in [0, 0.1) is 0 Å². The van der Waals surface area contributed by atoms with E-state index in [0.717, 1.165) is 0 Å². The van der Waals surface area contributed by atoms with E-state index in [1.165, 1.54) is 13.8 Å². The Balaban J connectivity index is 2.79. The van der Waals surface area contributed by atoms with Gasteiger partial charge < -0.3 is 9.84 Å². The van der Waals surface area contributed by atoms with Crippen molar-refractivity contribution in [2.24, 2.45) is 0 Å². The number of hydrogen-bond donors (Lipinski definition) is 1. The van der Waals surface area contributed by atoms with Crippen LogP contribution in [0.2, 0.25) is 0 Å². The third kappa shape index (κ3) is 3.17. The highest BCUT2D eigenvalue weighted by Crippen LogP contribution is 2.16. The molecule has 0 spiro atoms. The van der Waals surface area contributed by atoms with E-state index in [9.17, 15) is 14.7 Å². The van der Waals surface area contributed by atoms with Crippen LogP contribution in [0.1, 0.15) is 24.2 Å². The monoisotopic (exact) mass is 222 g/mol. The topological polar surface area (TPSA) is 63.6 Å². The van der Waals surface area contributed by atoms with Gasteiger partial charge in [0.15, 0.2) is 12.1 Å². The zero-order valence-corrected chi connectivity index (χ0v) is 9.27. The van der Waals surface area contributed by atoms with Gasteiger partial charge in [-0.3, -0.25) is 9.59 Å². The van der Waals surface area contributed by atoms with Gasteiger partial charge in [-0.25, -0.2) is 0 Å². The fourth-order valence-corrected chi connectivity index (χ4v) is 1.19. The summed E-state index contributed by atoms with van der Waals surface area (Å²) in [5.41, 5.74) is -0.975. The van der Waals surface area contributed by atoms with E-state index in [2.05, 4.69) is 0 Å². The van der Waals surface area contributed by atoms with Crippen LogP contribution in [0.15, 0.2) is 24.3 Å². The number of ether oxygens (including phenoxy) is 1. The molecule has 1 rings (SSSR count). The van der Waals surface area contributed by atoms with Crippen LogP contribution < -0.4 is 4.74 Å². The average Bonchev–Trinajstić information content (AvgIpc) is 2.25. The molecule has 16 heavy (non-hydrogen) atoms. The SMILES string of the molecule is CC(C)(O)C(=O)c1ccc(OCC=O)cc1. The molecule has 0 aliphatic carbocycles. The molecule has 0 aliphatic heterocycles. The normalized spacial score (nSPS) is 10.9. The summed E-state index contributed by atoms with van der Waals surface area (Å²) >= 11 is 0. The lowest BCUT2D eigenvalue weighted by molar-refractivity contribution is -0.109. The van der Waals surface area contributed by atoms with Crippen molar-refractivity contribution in [2.75, 3.05) is 6.61 Å². The van der Waals surface area contributed by atoms with Gasteiger partial charge in [-0.1, -0.05) is 0 Å². The van der Waals surface area contributed by atoms with Gasteiger partial charge in [-0.2, -0.15) is 0 Å². The van der Waals surface area contributed by atoms with E-state index in [0.29, 0.717) is 17.6 Å². The summed E-state index contributed by atoms with van der Waals surface area (Å²) in [7, 11) is 0. The lowest BCUT2D eigenvalue weighted by Crippen LogP contribution is -2.30. The molecule has 0 amide bonds. The van der Waals surface area contributed by atoms with Crippen LogP contribution >= 0.6 is 0 Å². The highest BCUT2D eigenvalue weighted by Gasteiger charge is 2.24. The van der Waals surface area contributed by atoms with E-state index < -0.39 is 5.60 Å². The number of carbonyl (C=O) groups excluding carboxylic acids is 2. The molecule has 0 unspecified atom stereocenters. The van der Waals surface area contributed by atoms with Crippen molar-refractivity contribution in [3.8, 4) is 5.75 Å². The number of benzene rings is 1. The Labute approximate surface area is 93.9 Å². The number of carbonyl (C=O) groups is 2. The van der Waals surface area contributed by atoms with Crippen LogP contribution in [-0.2, 0) is 4.79 Å². The van der Waals surface area contributed by atoms with Gasteiger partial charge in [0.1, 0.15) is 18.0 Å². The van der Waals surface area contributed by atoms with E-state index in [1.54, 1.807) is 24.3 Å². The summed E-state index contributed by atoms with van der Waals surface area (Å²) in [6.45, 7) is 2.86. The molecule has 0 heterocycles. The van der Waals surface area contributed by atoms with E-state index in [4.69, 9.17) is 4.74 Å². The van der Waals surface area contributed by atoms with Gasteiger partial charge in [0.25, 0.3) is 0 Å². The molecular formula is C12H14O4. The molecule has 0 bridgehead atoms. The van der Waals surface area contributed by atoms with Gasteiger partial charge >= 0.3 is 0 Å². The van der Waals surface area contributed by atoms with Gasteiger partial charge in [0.2, 0.25) is 0 Å². The molecule has 0 atom stereocenters. The Hall–Kier alpha value is -1.68. The number of aliphatic hydroxyl groups is 1.